The van der Waals surface area contributed by atoms with Gasteiger partial charge in [-0.15, -0.1) is 0 Å². The molecule has 0 spiro atoms. The fourth-order valence-corrected chi connectivity index (χ4v) is 2.84. The molecule has 1 aromatic rings. The normalized spacial score (nSPS) is 20.9. The number of aryl methyl sites for hydroxylation is 1. The highest BCUT2D eigenvalue weighted by atomic mass is 19.1. The van der Waals surface area contributed by atoms with Gasteiger partial charge in [0.2, 0.25) is 5.91 Å². The van der Waals surface area contributed by atoms with Crippen molar-refractivity contribution in [3.63, 3.8) is 0 Å². The largest absolute Gasteiger partial charge is 0.387 e. The summed E-state index contributed by atoms with van der Waals surface area (Å²) in [6.07, 6.45) is 1.06. The van der Waals surface area contributed by atoms with Crippen LogP contribution in [0.2, 0.25) is 0 Å². The fraction of sp³-hybridized carbons (Fsp3) is 0.533. The van der Waals surface area contributed by atoms with Gasteiger partial charge in [-0.05, 0) is 49.6 Å². The number of β-amino-alcohol motifs (C(OH)–C–C–N with tert-alkyl or cyclic N) is 1. The highest BCUT2D eigenvalue weighted by molar-refractivity contribution is 5.81. The maximum absolute atomic E-state index is 13.1. The van der Waals surface area contributed by atoms with E-state index in [9.17, 15) is 14.3 Å². The minimum absolute atomic E-state index is 0.00877. The number of hydrogen-bond donors (Lipinski definition) is 2. The summed E-state index contributed by atoms with van der Waals surface area (Å²) in [5.74, 6) is -0.312. The molecule has 5 heteroatoms. The number of aliphatic hydroxyl groups excluding tert-OH is 1. The number of halogens is 1. The van der Waals surface area contributed by atoms with Crippen molar-refractivity contribution < 1.29 is 14.3 Å². The Morgan fingerprint density at radius 2 is 2.35 bits per heavy atom. The number of benzene rings is 1. The SMILES string of the molecule is CNC(=O)C1CCCN1CC(O)c1ccc(F)cc1C. The van der Waals surface area contributed by atoms with E-state index in [1.165, 1.54) is 12.1 Å². The van der Waals surface area contributed by atoms with Crippen LogP contribution in [0.5, 0.6) is 0 Å². The minimum atomic E-state index is -0.708. The molecule has 1 fully saturated rings. The molecule has 0 aromatic heterocycles. The topological polar surface area (TPSA) is 52.6 Å². The van der Waals surface area contributed by atoms with Crippen LogP contribution in [-0.4, -0.2) is 42.1 Å². The first kappa shape index (κ1) is 14.9. The maximum Gasteiger partial charge on any atom is 0.237 e. The number of nitrogens with zero attached hydrogens (tertiary/aromatic N) is 1. The van der Waals surface area contributed by atoms with E-state index in [-0.39, 0.29) is 17.8 Å². The molecule has 110 valence electrons. The molecule has 1 aliphatic rings. The summed E-state index contributed by atoms with van der Waals surface area (Å²) in [5.41, 5.74) is 1.45. The van der Waals surface area contributed by atoms with Crippen LogP contribution in [0, 0.1) is 12.7 Å². The first-order valence-corrected chi connectivity index (χ1v) is 6.92. The van der Waals surface area contributed by atoms with Crippen molar-refractivity contribution in [2.75, 3.05) is 20.1 Å². The van der Waals surface area contributed by atoms with E-state index in [1.807, 2.05) is 4.90 Å². The Balaban J connectivity index is 2.07. The van der Waals surface area contributed by atoms with E-state index in [2.05, 4.69) is 5.32 Å². The predicted molar refractivity (Wildman–Crippen MR) is 74.8 cm³/mol. The van der Waals surface area contributed by atoms with Crippen molar-refractivity contribution in [2.45, 2.75) is 31.9 Å². The van der Waals surface area contributed by atoms with E-state index < -0.39 is 6.10 Å². The van der Waals surface area contributed by atoms with Gasteiger partial charge < -0.3 is 10.4 Å². The lowest BCUT2D eigenvalue weighted by Crippen LogP contribution is -2.43. The quantitative estimate of drug-likeness (QED) is 0.876. The number of hydrogen-bond acceptors (Lipinski definition) is 3. The number of aliphatic hydroxyl groups is 1. The Kier molecular flexibility index (Phi) is 4.73. The molecule has 0 bridgehead atoms. The predicted octanol–water partition coefficient (Wildman–Crippen LogP) is 1.38. The van der Waals surface area contributed by atoms with Crippen LogP contribution in [0.25, 0.3) is 0 Å². The van der Waals surface area contributed by atoms with Gasteiger partial charge in [0.25, 0.3) is 0 Å². The molecule has 20 heavy (non-hydrogen) atoms. The number of carbonyl (C=O) groups excluding carboxylic acids is 1. The molecule has 1 amide bonds. The van der Waals surface area contributed by atoms with Crippen LogP contribution >= 0.6 is 0 Å². The molecular formula is C15H21FN2O2. The van der Waals surface area contributed by atoms with Gasteiger partial charge in [0.1, 0.15) is 5.82 Å². The van der Waals surface area contributed by atoms with E-state index in [0.717, 1.165) is 24.9 Å². The van der Waals surface area contributed by atoms with Crippen LogP contribution in [0.3, 0.4) is 0 Å². The van der Waals surface area contributed by atoms with Crippen LogP contribution < -0.4 is 5.32 Å². The number of likely N-dealkylation sites (tertiary alicyclic amines) is 1. The molecule has 2 unspecified atom stereocenters. The monoisotopic (exact) mass is 280 g/mol. The van der Waals surface area contributed by atoms with Gasteiger partial charge in [0.15, 0.2) is 0 Å². The molecule has 2 N–H and O–H groups in total. The highest BCUT2D eigenvalue weighted by Crippen LogP contribution is 2.24. The summed E-state index contributed by atoms with van der Waals surface area (Å²) in [6.45, 7) is 2.97. The molecule has 0 saturated carbocycles. The number of rotatable bonds is 4. The lowest BCUT2D eigenvalue weighted by Gasteiger charge is -2.26. The molecule has 0 aliphatic carbocycles. The van der Waals surface area contributed by atoms with Gasteiger partial charge in [-0.1, -0.05) is 6.07 Å². The standard InChI is InChI=1S/C15H21FN2O2/c1-10-8-11(16)5-6-12(10)14(19)9-18-7-3-4-13(18)15(20)17-2/h5-6,8,13-14,19H,3-4,7,9H2,1-2H3,(H,17,20). The number of amides is 1. The molecule has 2 rings (SSSR count). The molecule has 1 aromatic carbocycles. The number of likely N-dealkylation sites (N-methyl/N-ethyl adjacent to an activating group) is 1. The zero-order valence-corrected chi connectivity index (χ0v) is 11.9. The van der Waals surface area contributed by atoms with Crippen LogP contribution in [0.4, 0.5) is 4.39 Å². The molecule has 0 radical (unpaired) electrons. The zero-order chi connectivity index (χ0) is 14.7. The average Bonchev–Trinajstić information content (AvgIpc) is 2.85. The van der Waals surface area contributed by atoms with Crippen molar-refractivity contribution in [3.05, 3.63) is 35.1 Å². The maximum atomic E-state index is 13.1. The van der Waals surface area contributed by atoms with Gasteiger partial charge in [-0.25, -0.2) is 4.39 Å². The van der Waals surface area contributed by atoms with Crippen molar-refractivity contribution >= 4 is 5.91 Å². The second-order valence-electron chi connectivity index (χ2n) is 5.28. The third-order valence-electron chi connectivity index (χ3n) is 3.91. The summed E-state index contributed by atoms with van der Waals surface area (Å²) >= 11 is 0. The summed E-state index contributed by atoms with van der Waals surface area (Å²) in [4.78, 5) is 13.8. The van der Waals surface area contributed by atoms with Crippen molar-refractivity contribution in [2.24, 2.45) is 0 Å². The Labute approximate surface area is 118 Å². The first-order valence-electron chi connectivity index (χ1n) is 6.92. The first-order chi connectivity index (χ1) is 9.52. The van der Waals surface area contributed by atoms with Crippen molar-refractivity contribution in [1.82, 2.24) is 10.2 Å². The van der Waals surface area contributed by atoms with Gasteiger partial charge in [-0.2, -0.15) is 0 Å². The van der Waals surface area contributed by atoms with Crippen LogP contribution in [0.1, 0.15) is 30.1 Å². The Hall–Kier alpha value is -1.46. The van der Waals surface area contributed by atoms with E-state index in [4.69, 9.17) is 0 Å². The number of nitrogens with one attached hydrogen (secondary N) is 1. The van der Waals surface area contributed by atoms with Gasteiger partial charge in [0, 0.05) is 13.6 Å². The third kappa shape index (κ3) is 3.16. The third-order valence-corrected chi connectivity index (χ3v) is 3.91. The van der Waals surface area contributed by atoms with Crippen LogP contribution in [0.15, 0.2) is 18.2 Å². The second-order valence-corrected chi connectivity index (χ2v) is 5.28. The molecule has 4 nitrogen and oxygen atoms in total. The van der Waals surface area contributed by atoms with E-state index >= 15 is 0 Å². The Bertz CT molecular complexity index is 493. The highest BCUT2D eigenvalue weighted by Gasteiger charge is 2.31. The van der Waals surface area contributed by atoms with E-state index in [0.29, 0.717) is 12.1 Å². The minimum Gasteiger partial charge on any atom is -0.387 e. The van der Waals surface area contributed by atoms with Crippen molar-refractivity contribution in [1.29, 1.82) is 0 Å². The molecule has 1 heterocycles. The summed E-state index contributed by atoms with van der Waals surface area (Å²) in [5, 5.41) is 13.0. The average molecular weight is 280 g/mol. The smallest absolute Gasteiger partial charge is 0.237 e. The van der Waals surface area contributed by atoms with Gasteiger partial charge in [0.05, 0.1) is 12.1 Å². The fourth-order valence-electron chi connectivity index (χ4n) is 2.84. The van der Waals surface area contributed by atoms with Gasteiger partial charge >= 0.3 is 0 Å². The molecule has 1 aliphatic heterocycles. The molecule has 1 saturated heterocycles. The summed E-state index contributed by atoms with van der Waals surface area (Å²) in [6, 6.07) is 4.21. The molecular weight excluding hydrogens is 259 g/mol. The van der Waals surface area contributed by atoms with Gasteiger partial charge in [-0.3, -0.25) is 9.69 Å². The number of carbonyl (C=O) groups is 1. The summed E-state index contributed by atoms with van der Waals surface area (Å²) < 4.78 is 13.1. The van der Waals surface area contributed by atoms with E-state index in [1.54, 1.807) is 20.0 Å². The van der Waals surface area contributed by atoms with Crippen LogP contribution in [-0.2, 0) is 4.79 Å². The van der Waals surface area contributed by atoms with Crippen molar-refractivity contribution in [3.8, 4) is 0 Å². The summed E-state index contributed by atoms with van der Waals surface area (Å²) in [7, 11) is 1.62. The lowest BCUT2D eigenvalue weighted by molar-refractivity contribution is -0.125. The Morgan fingerprint density at radius 1 is 1.60 bits per heavy atom. The lowest BCUT2D eigenvalue weighted by atomic mass is 10.0. The second kappa shape index (κ2) is 6.33. The Morgan fingerprint density at radius 3 is 3.00 bits per heavy atom. The zero-order valence-electron chi connectivity index (χ0n) is 11.9. The molecule has 2 atom stereocenters.